The first kappa shape index (κ1) is 20.2. The van der Waals surface area contributed by atoms with Crippen molar-refractivity contribution in [2.75, 3.05) is 6.54 Å². The van der Waals surface area contributed by atoms with Gasteiger partial charge in [0.1, 0.15) is 4.83 Å². The van der Waals surface area contributed by atoms with Crippen molar-refractivity contribution >= 4 is 21.6 Å². The van der Waals surface area contributed by atoms with E-state index in [4.69, 9.17) is 0 Å². The zero-order valence-corrected chi connectivity index (χ0v) is 18.6. The van der Waals surface area contributed by atoms with E-state index in [0.29, 0.717) is 12.6 Å². The van der Waals surface area contributed by atoms with Crippen molar-refractivity contribution in [1.82, 2.24) is 24.4 Å². The quantitative estimate of drug-likeness (QED) is 0.453. The third-order valence-electron chi connectivity index (χ3n) is 6.09. The van der Waals surface area contributed by atoms with Crippen LogP contribution >= 0.6 is 11.3 Å². The largest absolute Gasteiger partial charge is 0.337 e. The number of thiophene rings is 1. The van der Waals surface area contributed by atoms with Crippen LogP contribution in [-0.4, -0.2) is 31.7 Å². The number of nitrogens with one attached hydrogen (secondary N) is 1. The Balaban J connectivity index is 1.28. The number of hydrogen-bond acceptors (Lipinski definition) is 5. The summed E-state index contributed by atoms with van der Waals surface area (Å²) < 4.78 is 3.86. The lowest BCUT2D eigenvalue weighted by Gasteiger charge is -2.23. The minimum absolute atomic E-state index is 0.0924. The lowest BCUT2D eigenvalue weighted by molar-refractivity contribution is 0.449. The molecule has 160 valence electrons. The van der Waals surface area contributed by atoms with Gasteiger partial charge >= 0.3 is 0 Å². The van der Waals surface area contributed by atoms with Crippen LogP contribution in [0.2, 0.25) is 0 Å². The third kappa shape index (κ3) is 4.34. The van der Waals surface area contributed by atoms with E-state index in [1.165, 1.54) is 16.0 Å². The van der Waals surface area contributed by atoms with Crippen molar-refractivity contribution in [3.05, 3.63) is 81.2 Å². The van der Waals surface area contributed by atoms with Crippen LogP contribution in [0, 0.1) is 6.92 Å². The normalized spacial score (nSPS) is 16.0. The van der Waals surface area contributed by atoms with Gasteiger partial charge in [-0.1, -0.05) is 29.8 Å². The summed E-state index contributed by atoms with van der Waals surface area (Å²) in [5.74, 6) is 0. The zero-order chi connectivity index (χ0) is 21.2. The molecule has 1 aliphatic carbocycles. The molecule has 0 fully saturated rings. The van der Waals surface area contributed by atoms with E-state index in [1.54, 1.807) is 22.2 Å². The van der Waals surface area contributed by atoms with E-state index in [-0.39, 0.29) is 5.56 Å². The number of imidazole rings is 1. The second-order valence-corrected chi connectivity index (χ2v) is 9.48. The van der Waals surface area contributed by atoms with Crippen LogP contribution in [-0.2, 0) is 25.9 Å². The zero-order valence-electron chi connectivity index (χ0n) is 17.8. The lowest BCUT2D eigenvalue weighted by atomic mass is 9.93. The molecular weight excluding hydrogens is 406 g/mol. The molecule has 6 nitrogen and oxygen atoms in total. The van der Waals surface area contributed by atoms with Crippen LogP contribution in [0.15, 0.2) is 54.1 Å². The Morgan fingerprint density at radius 1 is 1.23 bits per heavy atom. The average molecular weight is 434 g/mol. The van der Waals surface area contributed by atoms with E-state index in [0.717, 1.165) is 54.6 Å². The Morgan fingerprint density at radius 3 is 2.90 bits per heavy atom. The number of benzene rings is 1. The molecular formula is C24H27N5OS. The fourth-order valence-corrected chi connectivity index (χ4v) is 5.62. The van der Waals surface area contributed by atoms with Crippen molar-refractivity contribution in [3.63, 3.8) is 0 Å². The molecule has 5 rings (SSSR count). The number of aryl methyl sites for hydroxylation is 3. The Labute approximate surface area is 185 Å². The summed E-state index contributed by atoms with van der Waals surface area (Å²) in [4.78, 5) is 24.2. The summed E-state index contributed by atoms with van der Waals surface area (Å²) in [6, 6.07) is 8.80. The summed E-state index contributed by atoms with van der Waals surface area (Å²) in [6.45, 7) is 4.61. The van der Waals surface area contributed by atoms with Crippen molar-refractivity contribution < 1.29 is 0 Å². The van der Waals surface area contributed by atoms with E-state index in [1.807, 2.05) is 18.7 Å². The highest BCUT2D eigenvalue weighted by atomic mass is 32.1. The standard InChI is InChI=1S/C24H27N5OS/c1-17-3-5-18(6-4-17)14-29-16-27-23-22(24(29)30)20-8-7-19(13-21(20)31-23)26-9-2-11-28-12-10-25-15-28/h3-6,10,12,15-16,19,26H,2,7-9,11,13-14H2,1H3/t19-/m1/s1. The van der Waals surface area contributed by atoms with Crippen LogP contribution in [0.4, 0.5) is 0 Å². The molecule has 1 N–H and O–H groups in total. The molecule has 0 amide bonds. The number of nitrogens with zero attached hydrogens (tertiary/aromatic N) is 4. The fraction of sp³-hybridized carbons (Fsp3) is 0.375. The number of aromatic nitrogens is 4. The first-order chi connectivity index (χ1) is 15.2. The monoisotopic (exact) mass is 433 g/mol. The van der Waals surface area contributed by atoms with Crippen LogP contribution in [0.5, 0.6) is 0 Å². The van der Waals surface area contributed by atoms with E-state index in [9.17, 15) is 4.79 Å². The lowest BCUT2D eigenvalue weighted by Crippen LogP contribution is -2.35. The highest BCUT2D eigenvalue weighted by molar-refractivity contribution is 7.18. The molecule has 4 aromatic rings. The van der Waals surface area contributed by atoms with E-state index >= 15 is 0 Å². The first-order valence-electron chi connectivity index (χ1n) is 10.9. The maximum absolute atomic E-state index is 13.2. The molecule has 31 heavy (non-hydrogen) atoms. The minimum atomic E-state index is 0.0924. The third-order valence-corrected chi connectivity index (χ3v) is 7.26. The van der Waals surface area contributed by atoms with Crippen molar-refractivity contribution in [2.45, 2.75) is 51.7 Å². The summed E-state index contributed by atoms with van der Waals surface area (Å²) in [5.41, 5.74) is 3.67. The van der Waals surface area contributed by atoms with Gasteiger partial charge in [-0.05, 0) is 50.3 Å². The molecule has 1 aromatic carbocycles. The van der Waals surface area contributed by atoms with Crippen LogP contribution in [0.25, 0.3) is 10.2 Å². The van der Waals surface area contributed by atoms with Crippen LogP contribution < -0.4 is 10.9 Å². The minimum Gasteiger partial charge on any atom is -0.337 e. The molecule has 3 aromatic heterocycles. The van der Waals surface area contributed by atoms with Gasteiger partial charge in [0.05, 0.1) is 24.6 Å². The maximum Gasteiger partial charge on any atom is 0.262 e. The smallest absolute Gasteiger partial charge is 0.262 e. The topological polar surface area (TPSA) is 64.7 Å². The molecule has 0 saturated heterocycles. The second-order valence-electron chi connectivity index (χ2n) is 8.40. The molecule has 1 atom stereocenters. The number of hydrogen-bond donors (Lipinski definition) is 1. The maximum atomic E-state index is 13.2. The SMILES string of the molecule is Cc1ccc(Cn2cnc3sc4c(c3c2=O)CC[C@@H](NCCCn2ccnc2)C4)cc1. The Morgan fingerprint density at radius 2 is 2.10 bits per heavy atom. The molecule has 1 aliphatic rings. The Hall–Kier alpha value is -2.77. The summed E-state index contributed by atoms with van der Waals surface area (Å²) >= 11 is 1.70. The molecule has 0 bridgehead atoms. The van der Waals surface area contributed by atoms with E-state index < -0.39 is 0 Å². The van der Waals surface area contributed by atoms with Crippen LogP contribution in [0.1, 0.15) is 34.4 Å². The molecule has 7 heteroatoms. The van der Waals surface area contributed by atoms with Crippen molar-refractivity contribution in [2.24, 2.45) is 0 Å². The molecule has 0 saturated carbocycles. The van der Waals surface area contributed by atoms with Crippen molar-refractivity contribution in [3.8, 4) is 0 Å². The van der Waals surface area contributed by atoms with Gasteiger partial charge in [0, 0.05) is 29.9 Å². The summed E-state index contributed by atoms with van der Waals surface area (Å²) in [7, 11) is 0. The predicted octanol–water partition coefficient (Wildman–Crippen LogP) is 3.55. The fourth-order valence-electron chi connectivity index (χ4n) is 4.37. The molecule has 3 heterocycles. The number of fused-ring (bicyclic) bond motifs is 3. The van der Waals surface area contributed by atoms with Gasteiger partial charge in [-0.2, -0.15) is 0 Å². The summed E-state index contributed by atoms with van der Waals surface area (Å²) in [6.07, 6.45) is 11.5. The predicted molar refractivity (Wildman–Crippen MR) is 125 cm³/mol. The molecule has 0 unspecified atom stereocenters. The van der Waals surface area contributed by atoms with Gasteiger partial charge < -0.3 is 9.88 Å². The van der Waals surface area contributed by atoms with E-state index in [2.05, 4.69) is 51.0 Å². The van der Waals surface area contributed by atoms with Gasteiger partial charge in [-0.3, -0.25) is 9.36 Å². The Bertz CT molecular complexity index is 1220. The van der Waals surface area contributed by atoms with Crippen molar-refractivity contribution in [1.29, 1.82) is 0 Å². The van der Waals surface area contributed by atoms with Gasteiger partial charge in [0.25, 0.3) is 5.56 Å². The van der Waals surface area contributed by atoms with Gasteiger partial charge in [-0.15, -0.1) is 11.3 Å². The van der Waals surface area contributed by atoms with Gasteiger partial charge in [0.2, 0.25) is 0 Å². The molecule has 0 spiro atoms. The molecule has 0 radical (unpaired) electrons. The highest BCUT2D eigenvalue weighted by Gasteiger charge is 2.25. The first-order valence-corrected chi connectivity index (χ1v) is 11.7. The number of rotatable bonds is 7. The summed E-state index contributed by atoms with van der Waals surface area (Å²) in [5, 5.41) is 4.54. The Kier molecular flexibility index (Phi) is 5.70. The highest BCUT2D eigenvalue weighted by Crippen LogP contribution is 2.33. The second kappa shape index (κ2) is 8.77. The van der Waals surface area contributed by atoms with Gasteiger partial charge in [-0.25, -0.2) is 9.97 Å². The van der Waals surface area contributed by atoms with Gasteiger partial charge in [0.15, 0.2) is 0 Å². The van der Waals surface area contributed by atoms with Crippen LogP contribution in [0.3, 0.4) is 0 Å². The molecule has 0 aliphatic heterocycles. The average Bonchev–Trinajstić information content (AvgIpc) is 3.42.